The van der Waals surface area contributed by atoms with Crippen molar-refractivity contribution in [2.24, 2.45) is 5.92 Å². The normalized spacial score (nSPS) is 17.5. The molecule has 0 spiro atoms. The molecule has 1 aliphatic rings. The lowest BCUT2D eigenvalue weighted by Gasteiger charge is -2.30. The minimum atomic E-state index is -0.187. The largest absolute Gasteiger partial charge is 0.342 e. The zero-order chi connectivity index (χ0) is 16.9. The Morgan fingerprint density at radius 1 is 1.33 bits per heavy atom. The first kappa shape index (κ1) is 16.6. The number of nitrogens with one attached hydrogen (secondary N) is 1. The van der Waals surface area contributed by atoms with E-state index in [2.05, 4.69) is 17.2 Å². The minimum Gasteiger partial charge on any atom is -0.342 e. The lowest BCUT2D eigenvalue weighted by molar-refractivity contribution is -0.132. The van der Waals surface area contributed by atoms with Crippen LogP contribution in [0.1, 0.15) is 35.8 Å². The van der Waals surface area contributed by atoms with Crippen molar-refractivity contribution in [3.05, 3.63) is 47.0 Å². The van der Waals surface area contributed by atoms with Crippen molar-refractivity contribution in [3.8, 4) is 0 Å². The summed E-state index contributed by atoms with van der Waals surface area (Å²) in [6, 6.07) is 9.02. The van der Waals surface area contributed by atoms with Crippen LogP contribution in [0.3, 0.4) is 0 Å². The van der Waals surface area contributed by atoms with Crippen LogP contribution >= 0.6 is 11.3 Å². The number of nitrogens with zero attached hydrogens (tertiary/aromatic N) is 2. The van der Waals surface area contributed by atoms with Gasteiger partial charge in [0.25, 0.3) is 5.91 Å². The van der Waals surface area contributed by atoms with Crippen LogP contribution < -0.4 is 5.32 Å². The Bertz CT molecular complexity index is 714. The maximum absolute atomic E-state index is 12.4. The molecule has 1 aromatic carbocycles. The molecule has 1 aliphatic heterocycles. The highest BCUT2D eigenvalue weighted by molar-refractivity contribution is 7.14. The number of hydrogen-bond donors (Lipinski definition) is 1. The lowest BCUT2D eigenvalue weighted by atomic mass is 10.00. The van der Waals surface area contributed by atoms with Gasteiger partial charge in [0.1, 0.15) is 0 Å². The molecule has 0 bridgehead atoms. The number of thiazole rings is 1. The molecule has 6 heteroatoms. The van der Waals surface area contributed by atoms with E-state index in [-0.39, 0.29) is 11.8 Å². The highest BCUT2D eigenvalue weighted by Gasteiger charge is 2.21. The summed E-state index contributed by atoms with van der Waals surface area (Å²) in [6.07, 6.45) is 2.56. The lowest BCUT2D eigenvalue weighted by Crippen LogP contribution is -2.39. The molecule has 126 valence electrons. The van der Waals surface area contributed by atoms with Crippen molar-refractivity contribution < 1.29 is 9.59 Å². The van der Waals surface area contributed by atoms with Gasteiger partial charge in [0.05, 0.1) is 12.1 Å². The van der Waals surface area contributed by atoms with E-state index >= 15 is 0 Å². The van der Waals surface area contributed by atoms with Crippen LogP contribution in [0.15, 0.2) is 35.7 Å². The summed E-state index contributed by atoms with van der Waals surface area (Å²) in [5.74, 6) is 0.499. The molecule has 24 heavy (non-hydrogen) atoms. The van der Waals surface area contributed by atoms with Crippen molar-refractivity contribution in [2.75, 3.05) is 18.4 Å². The number of likely N-dealkylation sites (tertiary alicyclic amines) is 1. The van der Waals surface area contributed by atoms with Gasteiger partial charge in [-0.05, 0) is 30.9 Å². The molecule has 2 heterocycles. The molecule has 1 atom stereocenters. The fourth-order valence-electron chi connectivity index (χ4n) is 2.89. The second-order valence-electron chi connectivity index (χ2n) is 6.23. The van der Waals surface area contributed by atoms with Gasteiger partial charge in [0.2, 0.25) is 5.91 Å². The third kappa shape index (κ3) is 4.20. The van der Waals surface area contributed by atoms with Crippen molar-refractivity contribution in [3.63, 3.8) is 0 Å². The molecule has 5 nitrogen and oxygen atoms in total. The van der Waals surface area contributed by atoms with E-state index in [0.717, 1.165) is 19.5 Å². The summed E-state index contributed by atoms with van der Waals surface area (Å²) in [5, 5.41) is 5.15. The number of rotatable bonds is 4. The maximum Gasteiger partial charge on any atom is 0.257 e. The van der Waals surface area contributed by atoms with E-state index in [9.17, 15) is 9.59 Å². The van der Waals surface area contributed by atoms with Gasteiger partial charge >= 0.3 is 0 Å². The van der Waals surface area contributed by atoms with Gasteiger partial charge in [0.15, 0.2) is 5.13 Å². The van der Waals surface area contributed by atoms with Crippen LogP contribution in [0.25, 0.3) is 0 Å². The number of aromatic nitrogens is 1. The third-order valence-electron chi connectivity index (χ3n) is 4.15. The van der Waals surface area contributed by atoms with Crippen LogP contribution in [-0.4, -0.2) is 34.8 Å². The standard InChI is InChI=1S/C18H21N3O2S/c1-13-6-5-9-21(11-13)16(22)10-15-12-24-18(19-15)20-17(23)14-7-3-2-4-8-14/h2-4,7-8,12-13H,5-6,9-11H2,1H3,(H,19,20,23). The molecule has 1 N–H and O–H groups in total. The topological polar surface area (TPSA) is 62.3 Å². The van der Waals surface area contributed by atoms with Crippen LogP contribution in [0.5, 0.6) is 0 Å². The Labute approximate surface area is 145 Å². The summed E-state index contributed by atoms with van der Waals surface area (Å²) in [5.41, 5.74) is 1.30. The van der Waals surface area contributed by atoms with Gasteiger partial charge in [-0.25, -0.2) is 4.98 Å². The number of hydrogen-bond acceptors (Lipinski definition) is 4. The fraction of sp³-hybridized carbons (Fsp3) is 0.389. The Morgan fingerprint density at radius 3 is 2.88 bits per heavy atom. The number of carbonyl (C=O) groups excluding carboxylic acids is 2. The molecule has 0 radical (unpaired) electrons. The van der Waals surface area contributed by atoms with Gasteiger partial charge in [0, 0.05) is 24.0 Å². The van der Waals surface area contributed by atoms with E-state index in [0.29, 0.717) is 28.7 Å². The molecule has 1 fully saturated rings. The maximum atomic E-state index is 12.4. The Morgan fingerprint density at radius 2 is 2.12 bits per heavy atom. The number of carbonyl (C=O) groups is 2. The van der Waals surface area contributed by atoms with Crippen LogP contribution in [-0.2, 0) is 11.2 Å². The van der Waals surface area contributed by atoms with Crippen LogP contribution in [0.4, 0.5) is 5.13 Å². The van der Waals surface area contributed by atoms with Crippen LogP contribution in [0.2, 0.25) is 0 Å². The van der Waals surface area contributed by atoms with Gasteiger partial charge in [-0.2, -0.15) is 0 Å². The molecule has 0 aliphatic carbocycles. The molecule has 1 unspecified atom stereocenters. The van der Waals surface area contributed by atoms with Gasteiger partial charge in [-0.3, -0.25) is 14.9 Å². The zero-order valence-electron chi connectivity index (χ0n) is 13.7. The van der Waals surface area contributed by atoms with Crippen molar-refractivity contribution >= 4 is 28.3 Å². The van der Waals surface area contributed by atoms with Crippen molar-refractivity contribution in [1.29, 1.82) is 0 Å². The summed E-state index contributed by atoms with van der Waals surface area (Å²) in [7, 11) is 0. The summed E-state index contributed by atoms with van der Waals surface area (Å²) in [4.78, 5) is 30.8. The zero-order valence-corrected chi connectivity index (χ0v) is 14.5. The Hall–Kier alpha value is -2.21. The Kier molecular flexibility index (Phi) is 5.25. The quantitative estimate of drug-likeness (QED) is 0.927. The van der Waals surface area contributed by atoms with Gasteiger partial charge < -0.3 is 4.90 Å². The van der Waals surface area contributed by atoms with E-state index in [1.165, 1.54) is 17.8 Å². The predicted octanol–water partition coefficient (Wildman–Crippen LogP) is 3.20. The van der Waals surface area contributed by atoms with E-state index in [1.54, 1.807) is 12.1 Å². The molecular weight excluding hydrogens is 322 g/mol. The predicted molar refractivity (Wildman–Crippen MR) is 95.2 cm³/mol. The smallest absolute Gasteiger partial charge is 0.257 e. The first-order valence-corrected chi connectivity index (χ1v) is 9.08. The number of piperidine rings is 1. The number of amides is 2. The Balaban J connectivity index is 1.57. The molecule has 2 aromatic rings. The molecule has 3 rings (SSSR count). The first-order valence-electron chi connectivity index (χ1n) is 8.20. The fourth-order valence-corrected chi connectivity index (χ4v) is 3.59. The van der Waals surface area contributed by atoms with Gasteiger partial charge in [-0.1, -0.05) is 25.1 Å². The summed E-state index contributed by atoms with van der Waals surface area (Å²) < 4.78 is 0. The molecular formula is C18H21N3O2S. The monoisotopic (exact) mass is 343 g/mol. The van der Waals surface area contributed by atoms with Gasteiger partial charge in [-0.15, -0.1) is 11.3 Å². The SMILES string of the molecule is CC1CCCN(C(=O)Cc2csc(NC(=O)c3ccccc3)n2)C1. The highest BCUT2D eigenvalue weighted by Crippen LogP contribution is 2.20. The molecule has 1 saturated heterocycles. The third-order valence-corrected chi connectivity index (χ3v) is 4.96. The van der Waals surface area contributed by atoms with Crippen LogP contribution in [0, 0.1) is 5.92 Å². The first-order chi connectivity index (χ1) is 11.6. The second kappa shape index (κ2) is 7.57. The van der Waals surface area contributed by atoms with E-state index in [4.69, 9.17) is 0 Å². The summed E-state index contributed by atoms with van der Waals surface area (Å²) >= 11 is 1.35. The highest BCUT2D eigenvalue weighted by atomic mass is 32.1. The number of benzene rings is 1. The molecule has 1 aromatic heterocycles. The summed E-state index contributed by atoms with van der Waals surface area (Å²) in [6.45, 7) is 3.85. The van der Waals surface area contributed by atoms with E-state index < -0.39 is 0 Å². The molecule has 0 saturated carbocycles. The minimum absolute atomic E-state index is 0.118. The van der Waals surface area contributed by atoms with Crippen molar-refractivity contribution in [2.45, 2.75) is 26.2 Å². The van der Waals surface area contributed by atoms with Crippen molar-refractivity contribution in [1.82, 2.24) is 9.88 Å². The second-order valence-corrected chi connectivity index (χ2v) is 7.09. The average Bonchev–Trinajstić information content (AvgIpc) is 3.02. The molecule has 2 amide bonds. The van der Waals surface area contributed by atoms with E-state index in [1.807, 2.05) is 28.5 Å². The number of anilines is 1. The average molecular weight is 343 g/mol.